The van der Waals surface area contributed by atoms with Crippen molar-refractivity contribution in [2.45, 2.75) is 34.2 Å². The van der Waals surface area contributed by atoms with Gasteiger partial charge in [0.15, 0.2) is 0 Å². The molecule has 0 atom stereocenters. The van der Waals surface area contributed by atoms with Crippen molar-refractivity contribution < 1.29 is 24.3 Å². The van der Waals surface area contributed by atoms with E-state index in [1.54, 1.807) is 13.8 Å². The van der Waals surface area contributed by atoms with E-state index in [0.717, 1.165) is 9.47 Å². The van der Waals surface area contributed by atoms with Crippen molar-refractivity contribution in [3.63, 3.8) is 0 Å². The first-order valence-electron chi connectivity index (χ1n) is 10.2. The fraction of sp³-hybridized carbons (Fsp3) is 0.261. The number of carbonyl (C=O) groups is 4. The number of hydrogen-bond donors (Lipinski definition) is 3. The molecule has 2 rings (SSSR count). The monoisotopic (exact) mass is 454 g/mol. The third-order valence-corrected chi connectivity index (χ3v) is 5.32. The summed E-state index contributed by atoms with van der Waals surface area (Å²) in [6, 6.07) is 0. The van der Waals surface area contributed by atoms with Gasteiger partial charge in [-0.2, -0.15) is 0 Å². The van der Waals surface area contributed by atoms with E-state index in [1.807, 2.05) is 0 Å². The Morgan fingerprint density at radius 2 is 1.58 bits per heavy atom. The van der Waals surface area contributed by atoms with E-state index >= 15 is 0 Å². The maximum atomic E-state index is 12.6. The minimum Gasteiger partial charge on any atom is -0.494 e. The van der Waals surface area contributed by atoms with E-state index in [4.69, 9.17) is 11.5 Å². The molecule has 0 aromatic carbocycles. The zero-order chi connectivity index (χ0) is 25.0. The Labute approximate surface area is 190 Å². The highest BCUT2D eigenvalue weighted by atomic mass is 16.3. The quantitative estimate of drug-likeness (QED) is 0.237. The van der Waals surface area contributed by atoms with Crippen LogP contribution in [0.3, 0.4) is 0 Å². The number of likely N-dealkylation sites (N-methyl/N-ethyl adjacent to an activating group) is 1. The second-order valence-corrected chi connectivity index (χ2v) is 7.19. The first-order valence-corrected chi connectivity index (χ1v) is 10.2. The van der Waals surface area contributed by atoms with E-state index < -0.39 is 29.2 Å². The summed E-state index contributed by atoms with van der Waals surface area (Å²) in [5.41, 5.74) is 10.3. The Morgan fingerprint density at radius 1 is 0.939 bits per heavy atom. The molecule has 0 saturated heterocycles. The van der Waals surface area contributed by atoms with E-state index in [1.165, 1.54) is 44.2 Å². The molecule has 33 heavy (non-hydrogen) atoms. The van der Waals surface area contributed by atoms with Crippen molar-refractivity contribution in [1.82, 2.24) is 9.47 Å². The molecule has 0 aliphatic carbocycles. The summed E-state index contributed by atoms with van der Waals surface area (Å²) in [4.78, 5) is 61.7. The molecule has 1 aliphatic heterocycles. The lowest BCUT2D eigenvalue weighted by Gasteiger charge is -2.27. The summed E-state index contributed by atoms with van der Waals surface area (Å²) in [5, 5.41) is 10.4. The van der Waals surface area contributed by atoms with Gasteiger partial charge in [-0.25, -0.2) is 0 Å². The zero-order valence-corrected chi connectivity index (χ0v) is 18.8. The minimum atomic E-state index is -0.916. The smallest absolute Gasteiger partial charge is 0.266 e. The van der Waals surface area contributed by atoms with Gasteiger partial charge < -0.3 is 16.6 Å². The van der Waals surface area contributed by atoms with Crippen LogP contribution in [0.5, 0.6) is 5.88 Å². The number of pyridine rings is 1. The Morgan fingerprint density at radius 3 is 2.09 bits per heavy atom. The Hall–Kier alpha value is -4.21. The molecule has 1 aromatic rings. The Balaban J connectivity index is 2.48. The summed E-state index contributed by atoms with van der Waals surface area (Å²) in [6.45, 7) is 6.44. The summed E-state index contributed by atoms with van der Waals surface area (Å²) in [5.74, 6) is -3.39. The van der Waals surface area contributed by atoms with Gasteiger partial charge in [-0.3, -0.25) is 33.4 Å². The van der Waals surface area contributed by atoms with E-state index in [9.17, 15) is 29.1 Å². The van der Waals surface area contributed by atoms with Crippen molar-refractivity contribution in [1.29, 1.82) is 0 Å². The summed E-state index contributed by atoms with van der Waals surface area (Å²) < 4.78 is 1.04. The van der Waals surface area contributed by atoms with Gasteiger partial charge in [0.25, 0.3) is 29.2 Å². The average Bonchev–Trinajstić information content (AvgIpc) is 2.72. The van der Waals surface area contributed by atoms with Crippen molar-refractivity contribution in [2.24, 2.45) is 11.5 Å². The maximum Gasteiger partial charge on any atom is 0.266 e. The van der Waals surface area contributed by atoms with Gasteiger partial charge in [0.2, 0.25) is 5.88 Å². The number of aromatic hydroxyl groups is 1. The Kier molecular flexibility index (Phi) is 7.55. The Bertz CT molecular complexity index is 1230. The van der Waals surface area contributed by atoms with E-state index in [-0.39, 0.29) is 52.4 Å². The summed E-state index contributed by atoms with van der Waals surface area (Å²) >= 11 is 0. The topological polar surface area (TPSA) is 166 Å². The second-order valence-electron chi connectivity index (χ2n) is 7.19. The van der Waals surface area contributed by atoms with Crippen molar-refractivity contribution in [3.8, 4) is 5.88 Å². The lowest BCUT2D eigenvalue weighted by molar-refractivity contribution is -0.141. The largest absolute Gasteiger partial charge is 0.494 e. The molecule has 10 nitrogen and oxygen atoms in total. The highest BCUT2D eigenvalue weighted by Gasteiger charge is 2.36. The number of hydrogen-bond acceptors (Lipinski definition) is 6. The molecule has 5 N–H and O–H groups in total. The van der Waals surface area contributed by atoms with Crippen LogP contribution in [0.15, 0.2) is 45.8 Å². The number of aromatic nitrogens is 1. The number of nitrogens with zero attached hydrogens (tertiary/aromatic N) is 2. The molecule has 0 fully saturated rings. The number of amides is 4. The first kappa shape index (κ1) is 25.1. The third-order valence-electron chi connectivity index (χ3n) is 5.32. The lowest BCUT2D eigenvalue weighted by Crippen LogP contribution is -2.45. The summed E-state index contributed by atoms with van der Waals surface area (Å²) in [7, 11) is 0. The van der Waals surface area contributed by atoms with Crippen LogP contribution in [0.25, 0.3) is 6.08 Å². The SMILES string of the molecule is CCN1C(=O)C(C(N)=O)=C(C)/C(=C/C=CC=Cc2c(C)c(C(N)=O)c(=O)n(CC)c2O)C1=O. The predicted octanol–water partition coefficient (Wildman–Crippen LogP) is 0.667. The fourth-order valence-electron chi connectivity index (χ4n) is 3.59. The molecular formula is C23H26N4O6. The summed E-state index contributed by atoms with van der Waals surface area (Å²) in [6.07, 6.45) is 7.49. The molecule has 174 valence electrons. The van der Waals surface area contributed by atoms with Gasteiger partial charge in [-0.1, -0.05) is 18.2 Å². The first-order chi connectivity index (χ1) is 15.5. The van der Waals surface area contributed by atoms with Crippen molar-refractivity contribution in [3.05, 3.63) is 68.1 Å². The predicted molar refractivity (Wildman–Crippen MR) is 122 cm³/mol. The molecule has 1 aliphatic rings. The molecule has 4 amide bonds. The number of carbonyl (C=O) groups excluding carboxylic acids is 4. The van der Waals surface area contributed by atoms with Gasteiger partial charge in [-0.05, 0) is 51.0 Å². The molecule has 0 unspecified atom stereocenters. The van der Waals surface area contributed by atoms with Crippen molar-refractivity contribution >= 4 is 29.7 Å². The van der Waals surface area contributed by atoms with Gasteiger partial charge >= 0.3 is 0 Å². The third kappa shape index (κ3) is 4.54. The molecular weight excluding hydrogens is 428 g/mol. The second kappa shape index (κ2) is 9.94. The minimum absolute atomic E-state index is 0.0799. The van der Waals surface area contributed by atoms with Crippen molar-refractivity contribution in [2.75, 3.05) is 6.54 Å². The molecule has 1 aromatic heterocycles. The lowest BCUT2D eigenvalue weighted by atomic mass is 9.94. The fourth-order valence-corrected chi connectivity index (χ4v) is 3.59. The van der Waals surface area contributed by atoms with Crippen LogP contribution in [-0.2, 0) is 20.9 Å². The number of allylic oxidation sites excluding steroid dienone is 4. The average molecular weight is 454 g/mol. The van der Waals surface area contributed by atoms with Crippen LogP contribution in [0.1, 0.15) is 42.3 Å². The van der Waals surface area contributed by atoms with Crippen LogP contribution in [-0.4, -0.2) is 44.7 Å². The van der Waals surface area contributed by atoms with Crippen LogP contribution in [0.4, 0.5) is 0 Å². The number of primary amides is 2. The number of imide groups is 1. The standard InChI is InChI=1S/C23H26N4O6/c1-5-26-20(30)14(12(3)16(18(24)28)22(26)32)10-8-7-9-11-15-13(4)17(19(25)29)23(33)27(6-2)21(15)31/h7-11,30H,5-6H2,1-4H3,(H2,24,28)(H2,25,29)/b9-7?,10-8?,15-11-. The van der Waals surface area contributed by atoms with Gasteiger partial charge in [0.1, 0.15) is 11.1 Å². The van der Waals surface area contributed by atoms with Gasteiger partial charge in [-0.15, -0.1) is 0 Å². The van der Waals surface area contributed by atoms with E-state index in [0.29, 0.717) is 0 Å². The van der Waals surface area contributed by atoms with Crippen LogP contribution < -0.4 is 17.0 Å². The highest BCUT2D eigenvalue weighted by Crippen LogP contribution is 2.26. The van der Waals surface area contributed by atoms with Crippen LogP contribution in [0, 0.1) is 6.92 Å². The van der Waals surface area contributed by atoms with Crippen LogP contribution in [0.2, 0.25) is 0 Å². The molecule has 10 heteroatoms. The molecule has 0 saturated carbocycles. The number of rotatable bonds is 7. The van der Waals surface area contributed by atoms with Crippen LogP contribution >= 0.6 is 0 Å². The van der Waals surface area contributed by atoms with E-state index in [2.05, 4.69) is 0 Å². The molecule has 0 bridgehead atoms. The molecule has 2 heterocycles. The van der Waals surface area contributed by atoms with Gasteiger partial charge in [0.05, 0.1) is 0 Å². The maximum absolute atomic E-state index is 12.6. The normalized spacial score (nSPS) is 16.0. The van der Waals surface area contributed by atoms with Gasteiger partial charge in [0, 0.05) is 24.2 Å². The molecule has 0 spiro atoms. The zero-order valence-electron chi connectivity index (χ0n) is 18.8. The number of nitrogens with two attached hydrogens (primary N) is 2. The highest BCUT2D eigenvalue weighted by molar-refractivity contribution is 6.27. The molecule has 0 radical (unpaired) electrons.